The smallest absolute Gasteiger partial charge is 0.303 e. The quantitative estimate of drug-likeness (QED) is 0.218. The molecular weight excluding hydrogens is 622 g/mol. The molecule has 5 rings (SSSR count). The van der Waals surface area contributed by atoms with Gasteiger partial charge in [-0.1, -0.05) is 66.7 Å². The van der Waals surface area contributed by atoms with E-state index in [1.165, 1.54) is 30.0 Å². The van der Waals surface area contributed by atoms with Crippen molar-refractivity contribution in [2.45, 2.75) is 42.8 Å². The number of para-hydroxylation sites is 2. The Balaban J connectivity index is 1.38. The Bertz CT molecular complexity index is 1940. The van der Waals surface area contributed by atoms with Gasteiger partial charge in [0.25, 0.3) is 11.8 Å². The van der Waals surface area contributed by atoms with Crippen molar-refractivity contribution in [2.75, 3.05) is 11.5 Å². The average molecular weight is 656 g/mol. The van der Waals surface area contributed by atoms with E-state index in [0.717, 1.165) is 16.2 Å². The number of carbonyl (C=O) groups is 4. The van der Waals surface area contributed by atoms with Gasteiger partial charge < -0.3 is 20.5 Å². The molecule has 4 aromatic rings. The monoisotopic (exact) mass is 655 g/mol. The summed E-state index contributed by atoms with van der Waals surface area (Å²) >= 11 is 0. The molecule has 242 valence electrons. The first-order valence-corrected chi connectivity index (χ1v) is 16.4. The van der Waals surface area contributed by atoms with Gasteiger partial charge in [-0.3, -0.25) is 24.1 Å². The minimum atomic E-state index is -3.88. The molecule has 1 aliphatic heterocycles. The Morgan fingerprint density at radius 2 is 1.64 bits per heavy atom. The Hall–Kier alpha value is -5.49. The lowest BCUT2D eigenvalue weighted by atomic mass is 10.1. The van der Waals surface area contributed by atoms with Gasteiger partial charge >= 0.3 is 5.97 Å². The van der Waals surface area contributed by atoms with E-state index in [1.54, 1.807) is 54.6 Å². The van der Waals surface area contributed by atoms with Crippen LogP contribution >= 0.6 is 0 Å². The third-order valence-electron chi connectivity index (χ3n) is 7.71. The Morgan fingerprint density at radius 1 is 0.957 bits per heavy atom. The van der Waals surface area contributed by atoms with Crippen LogP contribution in [-0.2, 0) is 24.2 Å². The molecule has 1 heterocycles. The molecule has 0 aromatic heterocycles. The molecule has 3 unspecified atom stereocenters. The van der Waals surface area contributed by atoms with Gasteiger partial charge in [-0.25, -0.2) is 8.42 Å². The summed E-state index contributed by atoms with van der Waals surface area (Å²) in [5.41, 5.74) is 0.640. The van der Waals surface area contributed by atoms with Gasteiger partial charge in [-0.15, -0.1) is 0 Å². The number of amides is 3. The van der Waals surface area contributed by atoms with Gasteiger partial charge in [0.15, 0.2) is 9.84 Å². The molecule has 0 fully saturated rings. The number of nitrogens with one attached hydrogen (secondary N) is 2. The van der Waals surface area contributed by atoms with E-state index in [2.05, 4.69) is 10.6 Å². The number of anilines is 1. The van der Waals surface area contributed by atoms with E-state index >= 15 is 0 Å². The normalized spacial score (nSPS) is 16.1. The Morgan fingerprint density at radius 3 is 2.38 bits per heavy atom. The summed E-state index contributed by atoms with van der Waals surface area (Å²) in [4.78, 5) is 53.6. The molecule has 3 atom stereocenters. The SMILES string of the molecule is CC(C(=O)NC(C=CS(=O)(=O)c1ccccc1)CCC(=O)O)N1C(=O)C(NC(=O)c2ccc3ccccc3c2)COc2ccccc21. The van der Waals surface area contributed by atoms with Crippen LogP contribution in [0.25, 0.3) is 10.8 Å². The average Bonchev–Trinajstić information content (AvgIpc) is 3.21. The van der Waals surface area contributed by atoms with Crippen molar-refractivity contribution in [1.29, 1.82) is 0 Å². The van der Waals surface area contributed by atoms with Crippen molar-refractivity contribution >= 4 is 50.0 Å². The largest absolute Gasteiger partial charge is 0.489 e. The van der Waals surface area contributed by atoms with Crippen molar-refractivity contribution in [3.05, 3.63) is 114 Å². The standard InChI is InChI=1S/C35H33N3O8S/c1-23(33(41)36-27(17-18-32(39)40)19-20-47(44,45)28-11-3-2-4-12-28)38-30-13-7-8-14-31(30)46-22-29(35(38)43)37-34(42)26-16-15-24-9-5-6-10-25(24)21-26/h2-16,19-21,23,27,29H,17-18,22H2,1H3,(H,36,41)(H,37,42)(H,39,40). The summed E-state index contributed by atoms with van der Waals surface area (Å²) in [5, 5.41) is 17.4. The zero-order valence-electron chi connectivity index (χ0n) is 25.4. The first-order chi connectivity index (χ1) is 22.5. The lowest BCUT2D eigenvalue weighted by Gasteiger charge is -2.30. The van der Waals surface area contributed by atoms with Crippen molar-refractivity contribution in [3.63, 3.8) is 0 Å². The van der Waals surface area contributed by atoms with Gasteiger partial charge in [-0.05, 0) is 60.5 Å². The molecule has 0 aliphatic carbocycles. The second-order valence-corrected chi connectivity index (χ2v) is 12.8. The second kappa shape index (κ2) is 14.3. The highest BCUT2D eigenvalue weighted by molar-refractivity contribution is 7.94. The fourth-order valence-corrected chi connectivity index (χ4v) is 6.28. The van der Waals surface area contributed by atoms with Crippen molar-refractivity contribution in [1.82, 2.24) is 10.6 Å². The number of carboxylic acids is 1. The number of benzene rings is 4. The molecular formula is C35H33N3O8S. The molecule has 1 aliphatic rings. The summed E-state index contributed by atoms with van der Waals surface area (Å²) in [6.45, 7) is 1.29. The lowest BCUT2D eigenvalue weighted by molar-refractivity contribution is -0.137. The van der Waals surface area contributed by atoms with Crippen LogP contribution in [0, 0.1) is 0 Å². The Kier molecular flexibility index (Phi) is 10.0. The lowest BCUT2D eigenvalue weighted by Crippen LogP contribution is -2.56. The van der Waals surface area contributed by atoms with Crippen LogP contribution in [0.15, 0.2) is 113 Å². The predicted octanol–water partition coefficient (Wildman–Crippen LogP) is 4.09. The van der Waals surface area contributed by atoms with Crippen LogP contribution in [0.2, 0.25) is 0 Å². The number of aliphatic carboxylic acids is 1. The first kappa shape index (κ1) is 32.9. The summed E-state index contributed by atoms with van der Waals surface area (Å²) < 4.78 is 31.6. The summed E-state index contributed by atoms with van der Waals surface area (Å²) in [7, 11) is -3.88. The molecule has 0 saturated heterocycles. The van der Waals surface area contributed by atoms with Gasteiger partial charge in [0, 0.05) is 23.4 Å². The molecule has 0 spiro atoms. The molecule has 12 heteroatoms. The van der Waals surface area contributed by atoms with E-state index in [0.29, 0.717) is 17.0 Å². The Labute approximate surface area is 271 Å². The molecule has 47 heavy (non-hydrogen) atoms. The number of rotatable bonds is 11. The molecule has 0 bridgehead atoms. The highest BCUT2D eigenvalue weighted by Gasteiger charge is 2.38. The summed E-state index contributed by atoms with van der Waals surface area (Å²) in [5.74, 6) is -2.59. The van der Waals surface area contributed by atoms with Crippen LogP contribution < -0.4 is 20.3 Å². The molecule has 11 nitrogen and oxygen atoms in total. The number of ether oxygens (including phenoxy) is 1. The number of nitrogens with zero attached hydrogens (tertiary/aromatic N) is 1. The van der Waals surface area contributed by atoms with Gasteiger partial charge in [0.2, 0.25) is 5.91 Å². The third-order valence-corrected chi connectivity index (χ3v) is 9.15. The fraction of sp³-hybridized carbons (Fsp3) is 0.200. The highest BCUT2D eigenvalue weighted by Crippen LogP contribution is 2.33. The zero-order chi connectivity index (χ0) is 33.6. The number of carboxylic acid groups (broad SMARTS) is 1. The van der Waals surface area contributed by atoms with Crippen LogP contribution in [-0.4, -0.2) is 61.9 Å². The molecule has 4 aromatic carbocycles. The number of hydrogen-bond donors (Lipinski definition) is 3. The van der Waals surface area contributed by atoms with Crippen molar-refractivity contribution < 1.29 is 37.4 Å². The minimum Gasteiger partial charge on any atom is -0.489 e. The number of hydrogen-bond acceptors (Lipinski definition) is 7. The van der Waals surface area contributed by atoms with Gasteiger partial charge in [0.05, 0.1) is 10.6 Å². The number of sulfone groups is 1. The predicted molar refractivity (Wildman–Crippen MR) is 176 cm³/mol. The molecule has 3 amide bonds. The summed E-state index contributed by atoms with van der Waals surface area (Å²) in [6.07, 6.45) is 0.772. The second-order valence-electron chi connectivity index (χ2n) is 11.0. The molecule has 0 saturated carbocycles. The van der Waals surface area contributed by atoms with E-state index in [9.17, 15) is 32.7 Å². The minimum absolute atomic E-state index is 0.0384. The zero-order valence-corrected chi connectivity index (χ0v) is 26.2. The maximum atomic E-state index is 14.0. The fourth-order valence-electron chi connectivity index (χ4n) is 5.19. The van der Waals surface area contributed by atoms with Gasteiger partial charge in [0.1, 0.15) is 24.4 Å². The first-order valence-electron chi connectivity index (χ1n) is 14.9. The van der Waals surface area contributed by atoms with E-state index in [1.807, 2.05) is 30.3 Å². The number of carbonyl (C=O) groups excluding carboxylic acids is 3. The van der Waals surface area contributed by atoms with Crippen molar-refractivity contribution in [3.8, 4) is 5.75 Å². The van der Waals surface area contributed by atoms with Crippen LogP contribution in [0.5, 0.6) is 5.75 Å². The van der Waals surface area contributed by atoms with E-state index < -0.39 is 51.7 Å². The van der Waals surface area contributed by atoms with Crippen LogP contribution in [0.4, 0.5) is 5.69 Å². The molecule has 0 radical (unpaired) electrons. The van der Waals surface area contributed by atoms with Gasteiger partial charge in [-0.2, -0.15) is 0 Å². The third kappa shape index (κ3) is 7.85. The van der Waals surface area contributed by atoms with Crippen molar-refractivity contribution in [2.24, 2.45) is 0 Å². The van der Waals surface area contributed by atoms with E-state index in [4.69, 9.17) is 4.74 Å². The topological polar surface area (TPSA) is 159 Å². The van der Waals surface area contributed by atoms with Crippen LogP contribution in [0.3, 0.4) is 0 Å². The maximum absolute atomic E-state index is 14.0. The highest BCUT2D eigenvalue weighted by atomic mass is 32.2. The molecule has 3 N–H and O–H groups in total. The van der Waals surface area contributed by atoms with E-state index in [-0.39, 0.29) is 24.3 Å². The summed E-state index contributed by atoms with van der Waals surface area (Å²) in [6, 6.07) is 23.7. The maximum Gasteiger partial charge on any atom is 0.303 e. The van der Waals surface area contributed by atoms with Crippen LogP contribution in [0.1, 0.15) is 30.1 Å². The number of fused-ring (bicyclic) bond motifs is 2.